The summed E-state index contributed by atoms with van der Waals surface area (Å²) in [7, 11) is 0. The number of halogens is 6. The summed E-state index contributed by atoms with van der Waals surface area (Å²) < 4.78 is 92.4. The maximum atomic E-state index is 16.2. The van der Waals surface area contributed by atoms with E-state index in [2.05, 4.69) is 23.7 Å². The highest BCUT2D eigenvalue weighted by atomic mass is 32.2. The Morgan fingerprint density at radius 1 is 0.422 bits per heavy atom. The van der Waals surface area contributed by atoms with E-state index >= 15 is 26.3 Å². The molecule has 2 aliphatic carbocycles. The molecular weight excluding hydrogens is 623 g/mol. The zero-order valence-electron chi connectivity index (χ0n) is 23.0. The molecule has 0 spiro atoms. The predicted molar refractivity (Wildman–Crippen MR) is 165 cm³/mol. The fourth-order valence-electron chi connectivity index (χ4n) is 6.56. The summed E-state index contributed by atoms with van der Waals surface area (Å²) in [4.78, 5) is 0.935. The SMILES string of the molecule is FC1(F)C2=C3c4ccccc4SC3(C#Cc3ccccc3)C3(C#Cc4ccccc4)Sc4ccccc4C3=C2C(F)(F)C1(F)F. The fraction of sp³-hybridized carbons (Fsp3) is 0.135. The van der Waals surface area contributed by atoms with Gasteiger partial charge in [-0.15, -0.1) is 0 Å². The Balaban J connectivity index is 1.60. The Bertz CT molecular complexity index is 1960. The van der Waals surface area contributed by atoms with Gasteiger partial charge in [0.1, 0.15) is 9.49 Å². The van der Waals surface area contributed by atoms with E-state index in [0.29, 0.717) is 20.9 Å². The van der Waals surface area contributed by atoms with Crippen molar-refractivity contribution in [3.05, 3.63) is 143 Å². The zero-order chi connectivity index (χ0) is 31.2. The normalized spacial score (nSPS) is 25.6. The lowest BCUT2D eigenvalue weighted by molar-refractivity contribution is -0.257. The van der Waals surface area contributed by atoms with Crippen LogP contribution in [-0.2, 0) is 0 Å². The third-order valence-electron chi connectivity index (χ3n) is 8.52. The number of hydrogen-bond donors (Lipinski definition) is 0. The first kappa shape index (κ1) is 28.2. The first-order chi connectivity index (χ1) is 21.6. The third kappa shape index (κ3) is 3.53. The standard InChI is InChI=1S/C37H18F6S2/c38-35(39)31-29-25-15-7-9-17-27(25)44-33(29,21-19-23-11-3-1-4-12-23)34(22-20-24-13-5-2-6-14-24)30(26-16-8-10-18-28(26)45-34)32(31)36(40,41)37(35,42)43/h1-18H. The van der Waals surface area contributed by atoms with Crippen LogP contribution in [0.3, 0.4) is 0 Å². The number of hydrogen-bond acceptors (Lipinski definition) is 2. The average molecular weight is 641 g/mol. The van der Waals surface area contributed by atoms with Gasteiger partial charge >= 0.3 is 17.8 Å². The summed E-state index contributed by atoms with van der Waals surface area (Å²) >= 11 is 2.21. The Morgan fingerprint density at radius 3 is 1.18 bits per heavy atom. The molecule has 0 saturated heterocycles. The second kappa shape index (κ2) is 9.39. The molecule has 8 heteroatoms. The summed E-state index contributed by atoms with van der Waals surface area (Å²) in [5.74, 6) is -3.47. The van der Waals surface area contributed by atoms with Crippen LogP contribution in [0.15, 0.2) is 130 Å². The maximum Gasteiger partial charge on any atom is 0.380 e. The maximum absolute atomic E-state index is 16.2. The van der Waals surface area contributed by atoms with Crippen molar-refractivity contribution in [1.29, 1.82) is 0 Å². The van der Waals surface area contributed by atoms with E-state index in [9.17, 15) is 0 Å². The van der Waals surface area contributed by atoms with Gasteiger partial charge in [0.25, 0.3) is 0 Å². The number of allylic oxidation sites excluding steroid dienone is 2. The molecule has 0 bridgehead atoms. The number of thioether (sulfide) groups is 2. The first-order valence-electron chi connectivity index (χ1n) is 13.9. The highest BCUT2D eigenvalue weighted by Gasteiger charge is 2.85. The summed E-state index contributed by atoms with van der Waals surface area (Å²) in [5, 5.41) is 0. The molecule has 8 rings (SSSR count). The number of rotatable bonds is 0. The van der Waals surface area contributed by atoms with Gasteiger partial charge in [-0.1, -0.05) is 120 Å². The summed E-state index contributed by atoms with van der Waals surface area (Å²) in [6.07, 6.45) is 0. The van der Waals surface area contributed by atoms with Crippen molar-refractivity contribution >= 4 is 34.7 Å². The van der Waals surface area contributed by atoms with Gasteiger partial charge in [0.05, 0.1) is 0 Å². The average Bonchev–Trinajstić information content (AvgIpc) is 3.60. The van der Waals surface area contributed by atoms with Gasteiger partial charge in [-0.05, 0) is 47.5 Å². The van der Waals surface area contributed by atoms with Crippen molar-refractivity contribution in [3.8, 4) is 23.7 Å². The van der Waals surface area contributed by atoms with Crippen LogP contribution in [0.1, 0.15) is 22.3 Å². The van der Waals surface area contributed by atoms with Crippen molar-refractivity contribution in [1.82, 2.24) is 0 Å². The molecule has 4 aromatic carbocycles. The largest absolute Gasteiger partial charge is 0.380 e. The summed E-state index contributed by atoms with van der Waals surface area (Å²) in [6.45, 7) is 0. The van der Waals surface area contributed by atoms with Crippen molar-refractivity contribution in [2.75, 3.05) is 0 Å². The lowest BCUT2D eigenvalue weighted by Crippen LogP contribution is -2.50. The molecule has 45 heavy (non-hydrogen) atoms. The molecule has 2 unspecified atom stereocenters. The predicted octanol–water partition coefficient (Wildman–Crippen LogP) is 9.62. The molecule has 0 radical (unpaired) electrons. The first-order valence-corrected chi connectivity index (χ1v) is 15.6. The third-order valence-corrected chi connectivity index (χ3v) is 11.6. The minimum Gasteiger partial charge on any atom is -0.194 e. The molecule has 1 fully saturated rings. The Morgan fingerprint density at radius 2 is 0.778 bits per heavy atom. The Hall–Kier alpha value is -4.24. The fourth-order valence-corrected chi connectivity index (χ4v) is 9.75. The van der Waals surface area contributed by atoms with Crippen LogP contribution in [0.4, 0.5) is 26.3 Å². The van der Waals surface area contributed by atoms with Gasteiger partial charge in [-0.2, -0.15) is 26.3 Å². The summed E-state index contributed by atoms with van der Waals surface area (Å²) in [5.41, 5.74) is -1.97. The van der Waals surface area contributed by atoms with E-state index in [0.717, 1.165) is 23.5 Å². The number of alkyl halides is 6. The number of benzene rings is 4. The van der Waals surface area contributed by atoms with Gasteiger partial charge in [0, 0.05) is 43.2 Å². The Kier molecular flexibility index (Phi) is 5.89. The van der Waals surface area contributed by atoms with E-state index < -0.39 is 38.4 Å². The Labute approximate surface area is 263 Å². The van der Waals surface area contributed by atoms with E-state index in [1.54, 1.807) is 97.1 Å². The van der Waals surface area contributed by atoms with Crippen LogP contribution in [-0.4, -0.2) is 27.3 Å². The molecule has 0 nitrogen and oxygen atoms in total. The zero-order valence-corrected chi connectivity index (χ0v) is 24.6. The minimum absolute atomic E-state index is 0.169. The van der Waals surface area contributed by atoms with Gasteiger partial charge in [-0.3, -0.25) is 0 Å². The van der Waals surface area contributed by atoms with Gasteiger partial charge < -0.3 is 0 Å². The molecular formula is C37H18F6S2. The molecule has 4 aliphatic rings. The minimum atomic E-state index is -5.70. The lowest BCUT2D eigenvalue weighted by atomic mass is 9.67. The van der Waals surface area contributed by atoms with Crippen LogP contribution in [0.25, 0.3) is 11.1 Å². The van der Waals surface area contributed by atoms with Crippen LogP contribution >= 0.6 is 23.5 Å². The van der Waals surface area contributed by atoms with Gasteiger partial charge in [-0.25, -0.2) is 0 Å². The van der Waals surface area contributed by atoms with Crippen molar-refractivity contribution in [2.24, 2.45) is 0 Å². The van der Waals surface area contributed by atoms with Gasteiger partial charge in [0.2, 0.25) is 0 Å². The molecule has 4 aromatic rings. The highest BCUT2D eigenvalue weighted by molar-refractivity contribution is 8.06. The quantitative estimate of drug-likeness (QED) is 0.139. The molecule has 2 aliphatic heterocycles. The van der Waals surface area contributed by atoms with E-state index in [4.69, 9.17) is 0 Å². The molecule has 0 N–H and O–H groups in total. The smallest absolute Gasteiger partial charge is 0.194 e. The van der Waals surface area contributed by atoms with E-state index in [1.165, 1.54) is 12.1 Å². The van der Waals surface area contributed by atoms with Gasteiger partial charge in [0.15, 0.2) is 0 Å². The van der Waals surface area contributed by atoms with Crippen LogP contribution in [0, 0.1) is 23.7 Å². The molecule has 1 saturated carbocycles. The van der Waals surface area contributed by atoms with Crippen molar-refractivity contribution < 1.29 is 26.3 Å². The van der Waals surface area contributed by atoms with Crippen LogP contribution < -0.4 is 0 Å². The lowest BCUT2D eigenvalue weighted by Gasteiger charge is -2.45. The number of fused-ring (bicyclic) bond motifs is 8. The monoisotopic (exact) mass is 640 g/mol. The van der Waals surface area contributed by atoms with Crippen molar-refractivity contribution in [2.45, 2.75) is 37.1 Å². The molecule has 0 aromatic heterocycles. The van der Waals surface area contributed by atoms with Crippen LogP contribution in [0.2, 0.25) is 0 Å². The molecule has 2 atom stereocenters. The topological polar surface area (TPSA) is 0 Å². The molecule has 220 valence electrons. The van der Waals surface area contributed by atoms with E-state index in [-0.39, 0.29) is 22.3 Å². The molecule has 0 amide bonds. The van der Waals surface area contributed by atoms with E-state index in [1.807, 2.05) is 0 Å². The summed E-state index contributed by atoms with van der Waals surface area (Å²) in [6, 6.07) is 30.5. The molecule has 2 heterocycles. The second-order valence-corrected chi connectivity index (χ2v) is 13.5. The second-order valence-electron chi connectivity index (χ2n) is 11.0. The highest BCUT2D eigenvalue weighted by Crippen LogP contribution is 2.78. The van der Waals surface area contributed by atoms with Crippen LogP contribution in [0.5, 0.6) is 0 Å². The van der Waals surface area contributed by atoms with Crippen molar-refractivity contribution in [3.63, 3.8) is 0 Å².